The minimum absolute atomic E-state index is 0.00974. The fraction of sp³-hybridized carbons (Fsp3) is 0.650. The Morgan fingerprint density at radius 3 is 2.68 bits per heavy atom. The Kier molecular flexibility index (Phi) is 6.95. The molecule has 2 N–H and O–H groups in total. The molecule has 1 unspecified atom stereocenters. The number of hydrogen-bond donors (Lipinski definition) is 2. The van der Waals surface area contributed by atoms with E-state index in [9.17, 15) is 9.59 Å². The maximum atomic E-state index is 12.5. The topological polar surface area (TPSA) is 94.5 Å². The Labute approximate surface area is 165 Å². The molecule has 1 atom stereocenters. The molecule has 1 saturated carbocycles. The van der Waals surface area contributed by atoms with Crippen molar-refractivity contribution in [3.8, 4) is 0 Å². The van der Waals surface area contributed by atoms with E-state index in [1.165, 1.54) is 0 Å². The van der Waals surface area contributed by atoms with Crippen LogP contribution >= 0.6 is 0 Å². The Morgan fingerprint density at radius 1 is 1.25 bits per heavy atom. The predicted octanol–water partition coefficient (Wildman–Crippen LogP) is 1.73. The van der Waals surface area contributed by atoms with Crippen LogP contribution in [0.1, 0.15) is 46.0 Å². The van der Waals surface area contributed by atoms with E-state index in [4.69, 9.17) is 9.47 Å². The van der Waals surface area contributed by atoms with E-state index < -0.39 is 0 Å². The highest BCUT2D eigenvalue weighted by molar-refractivity contribution is 5.92. The van der Waals surface area contributed by atoms with Crippen molar-refractivity contribution in [1.82, 2.24) is 20.4 Å². The van der Waals surface area contributed by atoms with Gasteiger partial charge in [-0.2, -0.15) is 5.10 Å². The number of nitrogens with zero attached hydrogens (tertiary/aromatic N) is 2. The molecule has 0 saturated heterocycles. The minimum atomic E-state index is -0.225. The summed E-state index contributed by atoms with van der Waals surface area (Å²) in [6.45, 7) is 5.42. The molecule has 1 aliphatic heterocycles. The minimum Gasteiger partial charge on any atom is -0.491 e. The Morgan fingerprint density at radius 2 is 2.00 bits per heavy atom. The number of carbonyl (C=O) groups is 2. The monoisotopic (exact) mass is 390 g/mol. The summed E-state index contributed by atoms with van der Waals surface area (Å²) in [7, 11) is 0. The van der Waals surface area contributed by atoms with Gasteiger partial charge in [0.1, 0.15) is 19.0 Å². The van der Waals surface area contributed by atoms with Crippen molar-refractivity contribution in [2.45, 2.75) is 64.6 Å². The molecular formula is C20H30N4O4. The quantitative estimate of drug-likeness (QED) is 0.739. The van der Waals surface area contributed by atoms with Gasteiger partial charge < -0.3 is 20.1 Å². The Balaban J connectivity index is 1.38. The second-order valence-electron chi connectivity index (χ2n) is 7.57. The molecule has 0 bridgehead atoms. The van der Waals surface area contributed by atoms with Gasteiger partial charge in [-0.3, -0.25) is 14.3 Å². The van der Waals surface area contributed by atoms with Crippen molar-refractivity contribution >= 4 is 11.8 Å². The van der Waals surface area contributed by atoms with Crippen molar-refractivity contribution in [2.24, 2.45) is 5.92 Å². The molecule has 1 aliphatic carbocycles. The molecule has 2 aliphatic rings. The molecule has 1 fully saturated rings. The van der Waals surface area contributed by atoms with Crippen molar-refractivity contribution in [3.05, 3.63) is 30.0 Å². The standard InChI is InChI=1S/C20H30N4O4/c1-14(8-11-24-10-3-9-21-24)22-19(25)16-4-6-17(7-5-16)23-20(26)18-15(2)27-12-13-28-18/h3,9-10,14,16-17H,4-8,11-13H2,1-2H3,(H,22,25)(H,23,26). The Bertz CT molecular complexity index is 693. The summed E-state index contributed by atoms with van der Waals surface area (Å²) in [6.07, 6.45) is 7.65. The third-order valence-electron chi connectivity index (χ3n) is 5.35. The predicted molar refractivity (Wildman–Crippen MR) is 103 cm³/mol. The molecule has 1 aromatic heterocycles. The van der Waals surface area contributed by atoms with E-state index >= 15 is 0 Å². The maximum Gasteiger partial charge on any atom is 0.290 e. The van der Waals surface area contributed by atoms with Crippen LogP contribution in [0.15, 0.2) is 30.0 Å². The van der Waals surface area contributed by atoms with Gasteiger partial charge in [-0.1, -0.05) is 0 Å². The first-order valence-corrected chi connectivity index (χ1v) is 10.1. The summed E-state index contributed by atoms with van der Waals surface area (Å²) in [5, 5.41) is 10.3. The zero-order valence-corrected chi connectivity index (χ0v) is 16.6. The van der Waals surface area contributed by atoms with Crippen LogP contribution in [0, 0.1) is 5.92 Å². The molecular weight excluding hydrogens is 360 g/mol. The number of aryl methyl sites for hydroxylation is 1. The summed E-state index contributed by atoms with van der Waals surface area (Å²) in [5.41, 5.74) is 0. The van der Waals surface area contributed by atoms with E-state index in [0.717, 1.165) is 38.6 Å². The zero-order valence-electron chi connectivity index (χ0n) is 16.6. The molecule has 8 heteroatoms. The molecule has 3 rings (SSSR count). The lowest BCUT2D eigenvalue weighted by atomic mass is 9.85. The first-order valence-electron chi connectivity index (χ1n) is 10.1. The van der Waals surface area contributed by atoms with Crippen LogP contribution in [0.4, 0.5) is 0 Å². The van der Waals surface area contributed by atoms with Gasteiger partial charge in [-0.25, -0.2) is 0 Å². The van der Waals surface area contributed by atoms with Gasteiger partial charge in [0, 0.05) is 36.9 Å². The van der Waals surface area contributed by atoms with Gasteiger partial charge in [0.2, 0.25) is 11.7 Å². The summed E-state index contributed by atoms with van der Waals surface area (Å²) in [6, 6.07) is 2.07. The van der Waals surface area contributed by atoms with Crippen LogP contribution in [0.25, 0.3) is 0 Å². The van der Waals surface area contributed by atoms with E-state index in [-0.39, 0.29) is 35.6 Å². The lowest BCUT2D eigenvalue weighted by molar-refractivity contribution is -0.126. The number of allylic oxidation sites excluding steroid dienone is 1. The van der Waals surface area contributed by atoms with Crippen molar-refractivity contribution in [2.75, 3.05) is 13.2 Å². The highest BCUT2D eigenvalue weighted by Crippen LogP contribution is 2.25. The zero-order chi connectivity index (χ0) is 19.9. The Hall–Kier alpha value is -2.51. The first-order chi connectivity index (χ1) is 13.5. The maximum absolute atomic E-state index is 12.5. The second-order valence-corrected chi connectivity index (χ2v) is 7.57. The molecule has 1 aromatic rings. The van der Waals surface area contributed by atoms with Gasteiger partial charge in [-0.15, -0.1) is 0 Å². The van der Waals surface area contributed by atoms with Crippen LogP contribution in [-0.2, 0) is 25.6 Å². The van der Waals surface area contributed by atoms with Gasteiger partial charge in [-0.05, 0) is 52.0 Å². The van der Waals surface area contributed by atoms with Crippen LogP contribution in [0.5, 0.6) is 0 Å². The van der Waals surface area contributed by atoms with Crippen molar-refractivity contribution in [1.29, 1.82) is 0 Å². The summed E-state index contributed by atoms with van der Waals surface area (Å²) >= 11 is 0. The van der Waals surface area contributed by atoms with Crippen molar-refractivity contribution < 1.29 is 19.1 Å². The molecule has 8 nitrogen and oxygen atoms in total. The highest BCUT2D eigenvalue weighted by atomic mass is 16.6. The summed E-state index contributed by atoms with van der Waals surface area (Å²) < 4.78 is 12.7. The fourth-order valence-corrected chi connectivity index (χ4v) is 3.67. The first kappa shape index (κ1) is 20.2. The van der Waals surface area contributed by atoms with Crippen molar-refractivity contribution in [3.63, 3.8) is 0 Å². The van der Waals surface area contributed by atoms with Gasteiger partial charge >= 0.3 is 0 Å². The molecule has 2 heterocycles. The smallest absolute Gasteiger partial charge is 0.290 e. The fourth-order valence-electron chi connectivity index (χ4n) is 3.67. The molecule has 28 heavy (non-hydrogen) atoms. The van der Waals surface area contributed by atoms with Crippen LogP contribution in [0.3, 0.4) is 0 Å². The highest BCUT2D eigenvalue weighted by Gasteiger charge is 2.29. The van der Waals surface area contributed by atoms with Crippen LogP contribution in [-0.4, -0.2) is 46.9 Å². The van der Waals surface area contributed by atoms with Gasteiger partial charge in [0.05, 0.1) is 0 Å². The van der Waals surface area contributed by atoms with Gasteiger partial charge in [0.15, 0.2) is 0 Å². The summed E-state index contributed by atoms with van der Waals surface area (Å²) in [4.78, 5) is 24.9. The third kappa shape index (κ3) is 5.50. The summed E-state index contributed by atoms with van der Waals surface area (Å²) in [5.74, 6) is 0.700. The average Bonchev–Trinajstić information content (AvgIpc) is 3.21. The number of ether oxygens (including phenoxy) is 2. The number of hydrogen-bond acceptors (Lipinski definition) is 5. The van der Waals surface area contributed by atoms with E-state index in [2.05, 4.69) is 15.7 Å². The van der Waals surface area contributed by atoms with Crippen LogP contribution < -0.4 is 10.6 Å². The lowest BCUT2D eigenvalue weighted by Gasteiger charge is -2.30. The number of nitrogens with one attached hydrogen (secondary N) is 2. The largest absolute Gasteiger partial charge is 0.491 e. The third-order valence-corrected chi connectivity index (χ3v) is 5.35. The number of aromatic nitrogens is 2. The van der Waals surface area contributed by atoms with Crippen LogP contribution in [0.2, 0.25) is 0 Å². The molecule has 2 amide bonds. The van der Waals surface area contributed by atoms with E-state index in [0.29, 0.717) is 19.0 Å². The van der Waals surface area contributed by atoms with Gasteiger partial charge in [0.25, 0.3) is 5.91 Å². The number of rotatable bonds is 7. The lowest BCUT2D eigenvalue weighted by Crippen LogP contribution is -2.43. The molecule has 154 valence electrons. The second kappa shape index (κ2) is 9.61. The average molecular weight is 390 g/mol. The number of carbonyl (C=O) groups excluding carboxylic acids is 2. The van der Waals surface area contributed by atoms with E-state index in [1.807, 2.05) is 23.9 Å². The molecule has 0 aromatic carbocycles. The SMILES string of the molecule is CC1=C(C(=O)NC2CCC(C(=O)NC(C)CCn3cccn3)CC2)OCCO1. The molecule has 0 radical (unpaired) electrons. The number of amides is 2. The van der Waals surface area contributed by atoms with E-state index in [1.54, 1.807) is 13.1 Å². The normalized spacial score (nSPS) is 23.4. The molecule has 0 spiro atoms.